The van der Waals surface area contributed by atoms with Gasteiger partial charge in [-0.15, -0.1) is 0 Å². The number of aromatic amines is 1. The molecule has 4 rings (SSSR count). The molecule has 144 valence electrons. The second-order valence-electron chi connectivity index (χ2n) is 7.08. The van der Waals surface area contributed by atoms with Gasteiger partial charge < -0.3 is 0 Å². The topological polar surface area (TPSA) is 40.1 Å². The molecule has 6 heteroatoms. The lowest BCUT2D eigenvalue weighted by atomic mass is 10.2. The van der Waals surface area contributed by atoms with Gasteiger partial charge in [-0.05, 0) is 29.4 Å². The largest absolute Gasteiger partial charge is 0.297 e. The van der Waals surface area contributed by atoms with Crippen molar-refractivity contribution in [3.05, 3.63) is 82.4 Å². The van der Waals surface area contributed by atoms with Gasteiger partial charge in [-0.3, -0.25) is 14.9 Å². The highest BCUT2D eigenvalue weighted by Crippen LogP contribution is 2.10. The third-order valence-electron chi connectivity index (χ3n) is 4.99. The molecule has 2 aromatic carbocycles. The fourth-order valence-electron chi connectivity index (χ4n) is 3.41. The molecule has 0 amide bonds. The second-order valence-corrected chi connectivity index (χ2v) is 7.45. The molecule has 1 saturated heterocycles. The molecule has 0 saturated carbocycles. The summed E-state index contributed by atoms with van der Waals surface area (Å²) >= 11 is 5.43. The smallest absolute Gasteiger partial charge is 0.217 e. The molecule has 0 atom stereocenters. The Morgan fingerprint density at radius 1 is 0.857 bits per heavy atom. The first-order valence-electron chi connectivity index (χ1n) is 9.65. The van der Waals surface area contributed by atoms with Crippen LogP contribution in [0.1, 0.15) is 17.0 Å². The summed E-state index contributed by atoms with van der Waals surface area (Å²) in [6.07, 6.45) is 4.01. The van der Waals surface area contributed by atoms with Gasteiger partial charge in [0.2, 0.25) is 4.77 Å². The Hall–Kier alpha value is -2.54. The predicted molar refractivity (Wildman–Crippen MR) is 116 cm³/mol. The molecule has 0 radical (unpaired) electrons. The number of nitrogens with zero attached hydrogens (tertiary/aromatic N) is 4. The first kappa shape index (κ1) is 18.8. The van der Waals surface area contributed by atoms with E-state index >= 15 is 0 Å². The Labute approximate surface area is 170 Å². The van der Waals surface area contributed by atoms with Gasteiger partial charge in [0.15, 0.2) is 0 Å². The molecule has 1 aliphatic rings. The lowest BCUT2D eigenvalue weighted by molar-refractivity contribution is 0.0981. The van der Waals surface area contributed by atoms with Crippen molar-refractivity contribution < 1.29 is 0 Å². The summed E-state index contributed by atoms with van der Waals surface area (Å²) < 4.78 is 2.55. The minimum absolute atomic E-state index is 0.597. The SMILES string of the molecule is S=c1nc(/C=C/c2ccccc2)[nH]n1CN1CCN(Cc2ccccc2)CC1. The summed E-state index contributed by atoms with van der Waals surface area (Å²) in [6.45, 7) is 5.97. The zero-order valence-corrected chi connectivity index (χ0v) is 16.7. The van der Waals surface area contributed by atoms with E-state index in [0.717, 1.165) is 50.8 Å². The van der Waals surface area contributed by atoms with Gasteiger partial charge in [0, 0.05) is 32.7 Å². The van der Waals surface area contributed by atoms with Gasteiger partial charge >= 0.3 is 0 Å². The van der Waals surface area contributed by atoms with Gasteiger partial charge in [0.05, 0.1) is 6.67 Å². The fourth-order valence-corrected chi connectivity index (χ4v) is 3.62. The number of hydrogen-bond acceptors (Lipinski definition) is 4. The summed E-state index contributed by atoms with van der Waals surface area (Å²) in [4.78, 5) is 9.38. The number of aromatic nitrogens is 3. The number of piperazine rings is 1. The maximum absolute atomic E-state index is 5.43. The van der Waals surface area contributed by atoms with Gasteiger partial charge in [0.25, 0.3) is 0 Å². The van der Waals surface area contributed by atoms with Crippen LogP contribution in [0.4, 0.5) is 0 Å². The summed E-state index contributed by atoms with van der Waals surface area (Å²) in [5.74, 6) is 0.788. The monoisotopic (exact) mass is 391 g/mol. The zero-order chi connectivity index (χ0) is 19.2. The van der Waals surface area contributed by atoms with Crippen molar-refractivity contribution in [2.45, 2.75) is 13.2 Å². The molecular weight excluding hydrogens is 366 g/mol. The first-order valence-corrected chi connectivity index (χ1v) is 10.1. The fraction of sp³-hybridized carbons (Fsp3) is 0.273. The Morgan fingerprint density at radius 2 is 1.50 bits per heavy atom. The van der Waals surface area contributed by atoms with Crippen LogP contribution in [0.5, 0.6) is 0 Å². The molecule has 1 N–H and O–H groups in total. The Bertz CT molecular complexity index is 953. The number of rotatable bonds is 6. The van der Waals surface area contributed by atoms with E-state index in [1.54, 1.807) is 0 Å². The third kappa shape index (κ3) is 5.04. The van der Waals surface area contributed by atoms with Crippen molar-refractivity contribution >= 4 is 24.4 Å². The maximum atomic E-state index is 5.43. The van der Waals surface area contributed by atoms with Crippen LogP contribution in [0.2, 0.25) is 0 Å². The minimum Gasteiger partial charge on any atom is -0.297 e. The van der Waals surface area contributed by atoms with Crippen LogP contribution in [0.3, 0.4) is 0 Å². The molecule has 0 spiro atoms. The zero-order valence-electron chi connectivity index (χ0n) is 15.9. The van der Waals surface area contributed by atoms with Gasteiger partial charge in [-0.2, -0.15) is 4.98 Å². The van der Waals surface area contributed by atoms with Crippen LogP contribution in [0, 0.1) is 4.77 Å². The lowest BCUT2D eigenvalue weighted by Gasteiger charge is -2.34. The number of nitrogens with one attached hydrogen (secondary N) is 1. The molecule has 1 aliphatic heterocycles. The summed E-state index contributed by atoms with van der Waals surface area (Å²) in [5.41, 5.74) is 2.52. The highest BCUT2D eigenvalue weighted by molar-refractivity contribution is 7.71. The first-order chi connectivity index (χ1) is 13.8. The van der Waals surface area contributed by atoms with Crippen molar-refractivity contribution in [3.8, 4) is 0 Å². The molecule has 5 nitrogen and oxygen atoms in total. The van der Waals surface area contributed by atoms with Crippen LogP contribution >= 0.6 is 12.2 Å². The highest BCUT2D eigenvalue weighted by atomic mass is 32.1. The average Bonchev–Trinajstić information content (AvgIpc) is 3.09. The molecule has 3 aromatic rings. The quantitative estimate of drug-likeness (QED) is 0.647. The van der Waals surface area contributed by atoms with Gasteiger partial charge in [-0.1, -0.05) is 66.7 Å². The molecular formula is C22H25N5S. The summed E-state index contributed by atoms with van der Waals surface area (Å²) in [5, 5.41) is 3.31. The standard InChI is InChI=1S/C22H25N5S/c28-22-23-21(12-11-19-7-3-1-4-8-19)24-27(22)18-26-15-13-25(14-16-26)17-20-9-5-2-6-10-20/h1-12H,13-18H2,(H,23,24,28)/b12-11+. The van der Waals surface area contributed by atoms with Crippen molar-refractivity contribution in [3.63, 3.8) is 0 Å². The summed E-state index contributed by atoms with van der Waals surface area (Å²) in [7, 11) is 0. The summed E-state index contributed by atoms with van der Waals surface area (Å²) in [6, 6.07) is 20.9. The van der Waals surface area contributed by atoms with Crippen LogP contribution < -0.4 is 0 Å². The molecule has 0 bridgehead atoms. The number of H-pyrrole nitrogens is 1. The molecule has 0 unspecified atom stereocenters. The van der Waals surface area contributed by atoms with E-state index in [2.05, 4.69) is 62.3 Å². The predicted octanol–water partition coefficient (Wildman–Crippen LogP) is 3.89. The lowest BCUT2D eigenvalue weighted by Crippen LogP contribution is -2.46. The van der Waals surface area contributed by atoms with Crippen LogP contribution in [-0.4, -0.2) is 50.7 Å². The van der Waals surface area contributed by atoms with Gasteiger partial charge in [0.1, 0.15) is 5.82 Å². The average molecular weight is 392 g/mol. The van der Waals surface area contributed by atoms with Crippen molar-refractivity contribution in [1.29, 1.82) is 0 Å². The van der Waals surface area contributed by atoms with Crippen molar-refractivity contribution in [1.82, 2.24) is 24.6 Å². The van der Waals surface area contributed by atoms with Gasteiger partial charge in [-0.25, -0.2) is 4.68 Å². The molecule has 1 aromatic heterocycles. The van der Waals surface area contributed by atoms with Crippen molar-refractivity contribution in [2.24, 2.45) is 0 Å². The Balaban J connectivity index is 1.31. The molecule has 1 fully saturated rings. The normalized spacial score (nSPS) is 16.0. The number of hydrogen-bond donors (Lipinski definition) is 1. The Kier molecular flexibility index (Phi) is 6.11. The van der Waals surface area contributed by atoms with E-state index in [-0.39, 0.29) is 0 Å². The van der Waals surface area contributed by atoms with Crippen molar-refractivity contribution in [2.75, 3.05) is 26.2 Å². The van der Waals surface area contributed by atoms with E-state index in [9.17, 15) is 0 Å². The Morgan fingerprint density at radius 3 is 2.21 bits per heavy atom. The van der Waals surface area contributed by atoms with E-state index in [1.165, 1.54) is 5.56 Å². The van der Waals surface area contributed by atoms with E-state index in [0.29, 0.717) is 4.77 Å². The van der Waals surface area contributed by atoms with E-state index in [1.807, 2.05) is 35.0 Å². The van der Waals surface area contributed by atoms with Crippen LogP contribution in [0.15, 0.2) is 60.7 Å². The number of benzene rings is 2. The van der Waals surface area contributed by atoms with Crippen LogP contribution in [0.25, 0.3) is 12.2 Å². The highest BCUT2D eigenvalue weighted by Gasteiger charge is 2.17. The molecule has 0 aliphatic carbocycles. The minimum atomic E-state index is 0.597. The second kappa shape index (κ2) is 9.10. The maximum Gasteiger partial charge on any atom is 0.217 e. The van der Waals surface area contributed by atoms with E-state index < -0.39 is 0 Å². The molecule has 28 heavy (non-hydrogen) atoms. The van der Waals surface area contributed by atoms with E-state index in [4.69, 9.17) is 12.2 Å². The third-order valence-corrected chi connectivity index (χ3v) is 5.30. The van der Waals surface area contributed by atoms with Crippen LogP contribution in [-0.2, 0) is 13.2 Å². The molecule has 2 heterocycles.